The molecule has 8 nitrogen and oxygen atoms in total. The van der Waals surface area contributed by atoms with Gasteiger partial charge in [-0.2, -0.15) is 0 Å². The van der Waals surface area contributed by atoms with E-state index in [1.54, 1.807) is 0 Å². The van der Waals surface area contributed by atoms with E-state index in [0.717, 1.165) is 9.87 Å². The summed E-state index contributed by atoms with van der Waals surface area (Å²) < 4.78 is 25.7. The van der Waals surface area contributed by atoms with Crippen LogP contribution in [-0.4, -0.2) is 81.3 Å². The summed E-state index contributed by atoms with van der Waals surface area (Å²) in [6.45, 7) is 2.78. The second-order valence-corrected chi connectivity index (χ2v) is 10.8. The molecule has 0 radical (unpaired) electrons. The van der Waals surface area contributed by atoms with Crippen molar-refractivity contribution in [1.82, 2.24) is 14.1 Å². The average Bonchev–Trinajstić information content (AvgIpc) is 3.02. The molecule has 33 heavy (non-hydrogen) atoms. The first-order valence-corrected chi connectivity index (χ1v) is 12.0. The molecule has 3 rings (SSSR count). The first-order valence-electron chi connectivity index (χ1n) is 10.6. The number of aryl methyl sites for hydroxylation is 1. The molecule has 2 unspecified atom stereocenters. The lowest BCUT2D eigenvalue weighted by molar-refractivity contribution is -0.140. The zero-order chi connectivity index (χ0) is 24.5. The lowest BCUT2D eigenvalue weighted by atomic mass is 9.86. The quantitative estimate of drug-likeness (QED) is 0.331. The second-order valence-electron chi connectivity index (χ2n) is 8.68. The van der Waals surface area contributed by atoms with E-state index in [4.69, 9.17) is 0 Å². The fraction of sp³-hybridized carbons (Fsp3) is 0.375. The number of ketones is 2. The SMILES string of the molecule is Cc1ccc(C2C(C(=O)c3ccc(S(=O)(=O)N(C)C)cc3)C(=O)C(=O)N2CCN(C)C)cc1. The minimum absolute atomic E-state index is 0.0422. The number of amides is 1. The van der Waals surface area contributed by atoms with E-state index in [9.17, 15) is 22.8 Å². The Morgan fingerprint density at radius 1 is 0.939 bits per heavy atom. The van der Waals surface area contributed by atoms with Crippen molar-refractivity contribution in [2.75, 3.05) is 41.3 Å². The van der Waals surface area contributed by atoms with Crippen molar-refractivity contribution in [3.8, 4) is 0 Å². The summed E-state index contributed by atoms with van der Waals surface area (Å²) in [5.74, 6) is -3.11. The zero-order valence-corrected chi connectivity index (χ0v) is 20.3. The molecule has 2 aromatic rings. The Morgan fingerprint density at radius 2 is 1.52 bits per heavy atom. The normalized spacial score (nSPS) is 19.1. The largest absolute Gasteiger partial charge is 0.327 e. The first kappa shape index (κ1) is 24.8. The van der Waals surface area contributed by atoms with Crippen molar-refractivity contribution in [2.24, 2.45) is 5.92 Å². The molecule has 0 bridgehead atoms. The summed E-state index contributed by atoms with van der Waals surface area (Å²) in [6.07, 6.45) is 0. The van der Waals surface area contributed by atoms with Crippen LogP contribution in [0.5, 0.6) is 0 Å². The predicted molar refractivity (Wildman–Crippen MR) is 124 cm³/mol. The van der Waals surface area contributed by atoms with Crippen LogP contribution >= 0.6 is 0 Å². The summed E-state index contributed by atoms with van der Waals surface area (Å²) in [5.41, 5.74) is 1.92. The number of nitrogens with zero attached hydrogens (tertiary/aromatic N) is 3. The van der Waals surface area contributed by atoms with Gasteiger partial charge in [0.1, 0.15) is 5.92 Å². The van der Waals surface area contributed by atoms with Gasteiger partial charge < -0.3 is 9.80 Å². The summed E-state index contributed by atoms with van der Waals surface area (Å²) in [4.78, 5) is 42.8. The molecule has 0 spiro atoms. The molecule has 1 amide bonds. The number of sulfonamides is 1. The van der Waals surface area contributed by atoms with Gasteiger partial charge in [0.2, 0.25) is 15.8 Å². The fourth-order valence-corrected chi connectivity index (χ4v) is 4.75. The molecule has 9 heteroatoms. The number of carbonyl (C=O) groups excluding carboxylic acids is 3. The standard InChI is InChI=1S/C24H29N3O5S/c1-16-6-8-17(9-7-16)21-20(23(29)24(30)27(21)15-14-25(2)3)22(28)18-10-12-19(13-11-18)33(31,32)26(4)5/h6-13,20-21H,14-15H2,1-5H3. The maximum atomic E-state index is 13.5. The molecule has 1 saturated heterocycles. The van der Waals surface area contributed by atoms with Gasteiger partial charge in [0, 0.05) is 32.7 Å². The van der Waals surface area contributed by atoms with Gasteiger partial charge in [-0.25, -0.2) is 12.7 Å². The number of carbonyl (C=O) groups is 3. The van der Waals surface area contributed by atoms with Crippen LogP contribution in [0.3, 0.4) is 0 Å². The topological polar surface area (TPSA) is 95.1 Å². The Balaban J connectivity index is 2.01. The minimum atomic E-state index is -3.65. The molecule has 1 heterocycles. The summed E-state index contributed by atoms with van der Waals surface area (Å²) in [6, 6.07) is 12.2. The Hall–Kier alpha value is -2.88. The first-order chi connectivity index (χ1) is 15.4. The van der Waals surface area contributed by atoms with Gasteiger partial charge in [-0.15, -0.1) is 0 Å². The van der Waals surface area contributed by atoms with Crippen LogP contribution in [0.15, 0.2) is 53.4 Å². The van der Waals surface area contributed by atoms with Crippen molar-refractivity contribution < 1.29 is 22.8 Å². The minimum Gasteiger partial charge on any atom is -0.327 e. The van der Waals surface area contributed by atoms with E-state index in [1.807, 2.05) is 50.2 Å². The van der Waals surface area contributed by atoms with Crippen LogP contribution in [0.2, 0.25) is 0 Å². The van der Waals surface area contributed by atoms with Gasteiger partial charge in [-0.3, -0.25) is 14.4 Å². The van der Waals surface area contributed by atoms with Crippen molar-refractivity contribution in [1.29, 1.82) is 0 Å². The monoisotopic (exact) mass is 471 g/mol. The van der Waals surface area contributed by atoms with Crippen LogP contribution in [0.1, 0.15) is 27.5 Å². The lowest BCUT2D eigenvalue weighted by Crippen LogP contribution is -2.36. The van der Waals surface area contributed by atoms with Crippen LogP contribution in [0, 0.1) is 12.8 Å². The number of rotatable bonds is 8. The van der Waals surface area contributed by atoms with E-state index in [-0.39, 0.29) is 10.5 Å². The smallest absolute Gasteiger partial charge is 0.291 e. The molecule has 1 aliphatic heterocycles. The summed E-state index contributed by atoms with van der Waals surface area (Å²) in [5, 5.41) is 0. The highest BCUT2D eigenvalue weighted by atomic mass is 32.2. The molecular formula is C24H29N3O5S. The highest BCUT2D eigenvalue weighted by molar-refractivity contribution is 7.89. The average molecular weight is 472 g/mol. The van der Waals surface area contributed by atoms with Crippen LogP contribution < -0.4 is 0 Å². The van der Waals surface area contributed by atoms with Gasteiger partial charge in [-0.05, 0) is 38.7 Å². The molecule has 1 aliphatic rings. The molecule has 0 aliphatic carbocycles. The number of likely N-dealkylation sites (N-methyl/N-ethyl adjacent to an activating group) is 1. The third kappa shape index (κ3) is 4.90. The maximum Gasteiger partial charge on any atom is 0.291 e. The molecular weight excluding hydrogens is 442 g/mol. The van der Waals surface area contributed by atoms with Gasteiger partial charge >= 0.3 is 0 Å². The van der Waals surface area contributed by atoms with Gasteiger partial charge in [-0.1, -0.05) is 42.0 Å². The Labute approximate surface area is 194 Å². The van der Waals surface area contributed by atoms with E-state index in [2.05, 4.69) is 0 Å². The zero-order valence-electron chi connectivity index (χ0n) is 19.5. The predicted octanol–water partition coefficient (Wildman–Crippen LogP) is 1.76. The van der Waals surface area contributed by atoms with Crippen LogP contribution in [0.25, 0.3) is 0 Å². The number of likely N-dealkylation sites (tertiary alicyclic amines) is 1. The van der Waals surface area contributed by atoms with E-state index in [0.29, 0.717) is 18.7 Å². The highest BCUT2D eigenvalue weighted by Gasteiger charge is 2.51. The maximum absolute atomic E-state index is 13.5. The summed E-state index contributed by atoms with van der Waals surface area (Å²) >= 11 is 0. The van der Waals surface area contributed by atoms with Crippen molar-refractivity contribution >= 4 is 27.5 Å². The number of Topliss-reactive ketones (excluding diaryl/α,β-unsaturated/α-hetero) is 2. The van der Waals surface area contributed by atoms with Crippen molar-refractivity contribution in [3.05, 3.63) is 65.2 Å². The highest BCUT2D eigenvalue weighted by Crippen LogP contribution is 2.38. The second kappa shape index (κ2) is 9.54. The third-order valence-electron chi connectivity index (χ3n) is 5.81. The number of benzene rings is 2. The van der Waals surface area contributed by atoms with Gasteiger partial charge in [0.05, 0.1) is 10.9 Å². The Morgan fingerprint density at radius 3 is 2.03 bits per heavy atom. The molecule has 2 atom stereocenters. The van der Waals surface area contributed by atoms with Crippen LogP contribution in [-0.2, 0) is 19.6 Å². The molecule has 0 N–H and O–H groups in total. The Kier molecular flexibility index (Phi) is 7.16. The molecule has 2 aromatic carbocycles. The molecule has 176 valence electrons. The Bertz CT molecular complexity index is 1160. The van der Waals surface area contributed by atoms with Crippen LogP contribution in [0.4, 0.5) is 0 Å². The van der Waals surface area contributed by atoms with Crippen molar-refractivity contribution in [2.45, 2.75) is 17.9 Å². The van der Waals surface area contributed by atoms with Gasteiger partial charge in [0.25, 0.3) is 5.91 Å². The van der Waals surface area contributed by atoms with Crippen molar-refractivity contribution in [3.63, 3.8) is 0 Å². The van der Waals surface area contributed by atoms with E-state index in [1.165, 1.54) is 43.3 Å². The number of hydrogen-bond donors (Lipinski definition) is 0. The van der Waals surface area contributed by atoms with E-state index < -0.39 is 39.5 Å². The fourth-order valence-electron chi connectivity index (χ4n) is 3.85. The molecule has 0 aromatic heterocycles. The molecule has 1 fully saturated rings. The van der Waals surface area contributed by atoms with Gasteiger partial charge in [0.15, 0.2) is 5.78 Å². The summed E-state index contributed by atoms with van der Waals surface area (Å²) in [7, 11) is 2.93. The van der Waals surface area contributed by atoms with E-state index >= 15 is 0 Å². The molecule has 0 saturated carbocycles. The third-order valence-corrected chi connectivity index (χ3v) is 7.64. The number of hydrogen-bond acceptors (Lipinski definition) is 6. The lowest BCUT2D eigenvalue weighted by Gasteiger charge is -2.28.